The molecule has 1 amide bonds. The van der Waals surface area contributed by atoms with Gasteiger partial charge in [0.05, 0.1) is 17.1 Å². The standard InChI is InChI=1S/C15H18N4OS/c1-11-18-13(9-21-11)7-15(20)19-6-2-3-12(8-19)14-4-5-16-10-17-14/h4-5,9-10,12H,2-3,6-8H2,1H3. The summed E-state index contributed by atoms with van der Waals surface area (Å²) in [7, 11) is 0. The molecule has 0 radical (unpaired) electrons. The second kappa shape index (κ2) is 6.30. The van der Waals surface area contributed by atoms with Gasteiger partial charge in [-0.3, -0.25) is 4.79 Å². The van der Waals surface area contributed by atoms with Crippen molar-refractivity contribution in [2.24, 2.45) is 0 Å². The Balaban J connectivity index is 1.64. The molecule has 6 heteroatoms. The minimum absolute atomic E-state index is 0.166. The van der Waals surface area contributed by atoms with Crippen LogP contribution < -0.4 is 0 Å². The molecule has 0 bridgehead atoms. The third-order valence-corrected chi connectivity index (χ3v) is 4.62. The molecule has 110 valence electrons. The minimum Gasteiger partial charge on any atom is -0.342 e. The van der Waals surface area contributed by atoms with Crippen molar-refractivity contribution < 1.29 is 4.79 Å². The van der Waals surface area contributed by atoms with E-state index < -0.39 is 0 Å². The largest absolute Gasteiger partial charge is 0.342 e. The van der Waals surface area contributed by atoms with Crippen molar-refractivity contribution in [3.8, 4) is 0 Å². The number of carbonyl (C=O) groups excluding carboxylic acids is 1. The van der Waals surface area contributed by atoms with Crippen LogP contribution in [0, 0.1) is 6.92 Å². The maximum absolute atomic E-state index is 12.4. The maximum Gasteiger partial charge on any atom is 0.228 e. The van der Waals surface area contributed by atoms with Gasteiger partial charge in [0.2, 0.25) is 5.91 Å². The van der Waals surface area contributed by atoms with Crippen LogP contribution in [0.5, 0.6) is 0 Å². The molecule has 2 aromatic heterocycles. The van der Waals surface area contributed by atoms with Crippen molar-refractivity contribution in [2.75, 3.05) is 13.1 Å². The smallest absolute Gasteiger partial charge is 0.228 e. The van der Waals surface area contributed by atoms with E-state index in [0.29, 0.717) is 12.3 Å². The highest BCUT2D eigenvalue weighted by atomic mass is 32.1. The van der Waals surface area contributed by atoms with Gasteiger partial charge in [-0.15, -0.1) is 11.3 Å². The van der Waals surface area contributed by atoms with Crippen LogP contribution in [-0.4, -0.2) is 38.8 Å². The first-order chi connectivity index (χ1) is 10.2. The van der Waals surface area contributed by atoms with Gasteiger partial charge in [0, 0.05) is 36.3 Å². The summed E-state index contributed by atoms with van der Waals surface area (Å²) < 4.78 is 0. The molecule has 1 fully saturated rings. The van der Waals surface area contributed by atoms with Gasteiger partial charge < -0.3 is 4.90 Å². The zero-order chi connectivity index (χ0) is 14.7. The van der Waals surface area contributed by atoms with Gasteiger partial charge in [-0.25, -0.2) is 15.0 Å². The van der Waals surface area contributed by atoms with E-state index in [1.165, 1.54) is 0 Å². The fraction of sp³-hybridized carbons (Fsp3) is 0.467. The first kappa shape index (κ1) is 14.1. The van der Waals surface area contributed by atoms with Gasteiger partial charge >= 0.3 is 0 Å². The first-order valence-electron chi connectivity index (χ1n) is 7.17. The fourth-order valence-electron chi connectivity index (χ4n) is 2.74. The van der Waals surface area contributed by atoms with Gasteiger partial charge in [0.15, 0.2) is 0 Å². The quantitative estimate of drug-likeness (QED) is 0.872. The van der Waals surface area contributed by atoms with Crippen LogP contribution in [-0.2, 0) is 11.2 Å². The number of hydrogen-bond donors (Lipinski definition) is 0. The molecule has 3 heterocycles. The van der Waals surface area contributed by atoms with Crippen LogP contribution in [0.15, 0.2) is 24.0 Å². The van der Waals surface area contributed by atoms with Gasteiger partial charge in [-0.2, -0.15) is 0 Å². The predicted molar refractivity (Wildman–Crippen MR) is 81.1 cm³/mol. The molecule has 0 saturated carbocycles. The molecule has 0 aromatic carbocycles. The number of nitrogens with zero attached hydrogens (tertiary/aromatic N) is 4. The number of likely N-dealkylation sites (tertiary alicyclic amines) is 1. The van der Waals surface area contributed by atoms with Crippen LogP contribution in [0.2, 0.25) is 0 Å². The van der Waals surface area contributed by atoms with Crippen LogP contribution in [0.25, 0.3) is 0 Å². The molecule has 1 atom stereocenters. The molecule has 3 rings (SSSR count). The highest BCUT2D eigenvalue weighted by molar-refractivity contribution is 7.09. The Morgan fingerprint density at radius 3 is 3.14 bits per heavy atom. The van der Waals surface area contributed by atoms with Crippen molar-refractivity contribution >= 4 is 17.2 Å². The summed E-state index contributed by atoms with van der Waals surface area (Å²) in [6, 6.07) is 1.95. The van der Waals surface area contributed by atoms with E-state index in [0.717, 1.165) is 42.3 Å². The Kier molecular flexibility index (Phi) is 4.24. The lowest BCUT2D eigenvalue weighted by molar-refractivity contribution is -0.131. The molecule has 2 aromatic rings. The van der Waals surface area contributed by atoms with Gasteiger partial charge in [-0.05, 0) is 25.8 Å². The van der Waals surface area contributed by atoms with Crippen molar-refractivity contribution in [3.63, 3.8) is 0 Å². The monoisotopic (exact) mass is 302 g/mol. The van der Waals surface area contributed by atoms with Crippen molar-refractivity contribution in [2.45, 2.75) is 32.1 Å². The third kappa shape index (κ3) is 3.44. The van der Waals surface area contributed by atoms with E-state index in [9.17, 15) is 4.79 Å². The first-order valence-corrected chi connectivity index (χ1v) is 8.05. The number of carbonyl (C=O) groups is 1. The SMILES string of the molecule is Cc1nc(CC(=O)N2CCCC(c3ccncn3)C2)cs1. The number of aryl methyl sites for hydroxylation is 1. The van der Waals surface area contributed by atoms with Crippen LogP contribution in [0.3, 0.4) is 0 Å². The Hall–Kier alpha value is -1.82. The zero-order valence-corrected chi connectivity index (χ0v) is 12.8. The number of thiazole rings is 1. The molecule has 1 aliphatic rings. The summed E-state index contributed by atoms with van der Waals surface area (Å²) in [5.74, 6) is 0.488. The Bertz CT molecular complexity index is 613. The molecule has 21 heavy (non-hydrogen) atoms. The summed E-state index contributed by atoms with van der Waals surface area (Å²) in [5, 5.41) is 2.98. The number of aromatic nitrogens is 3. The number of hydrogen-bond acceptors (Lipinski definition) is 5. The van der Waals surface area contributed by atoms with Gasteiger partial charge in [0.25, 0.3) is 0 Å². The summed E-state index contributed by atoms with van der Waals surface area (Å²) in [6.07, 6.45) is 5.85. The number of piperidine rings is 1. The second-order valence-electron chi connectivity index (χ2n) is 5.35. The molecule has 1 saturated heterocycles. The second-order valence-corrected chi connectivity index (χ2v) is 6.41. The van der Waals surface area contributed by atoms with E-state index in [1.54, 1.807) is 23.9 Å². The third-order valence-electron chi connectivity index (χ3n) is 3.80. The predicted octanol–water partition coefficient (Wildman–Crippen LogP) is 2.19. The van der Waals surface area contributed by atoms with Crippen LogP contribution in [0.1, 0.15) is 35.2 Å². The highest BCUT2D eigenvalue weighted by Crippen LogP contribution is 2.25. The molecule has 1 unspecified atom stereocenters. The van der Waals surface area contributed by atoms with E-state index in [4.69, 9.17) is 0 Å². The van der Waals surface area contributed by atoms with E-state index >= 15 is 0 Å². The normalized spacial score (nSPS) is 18.7. The van der Waals surface area contributed by atoms with Crippen molar-refractivity contribution in [1.29, 1.82) is 0 Å². The van der Waals surface area contributed by atoms with E-state index in [1.807, 2.05) is 23.3 Å². The number of rotatable bonds is 3. The molecular weight excluding hydrogens is 284 g/mol. The molecule has 0 aliphatic carbocycles. The summed E-state index contributed by atoms with van der Waals surface area (Å²) >= 11 is 1.59. The van der Waals surface area contributed by atoms with E-state index in [-0.39, 0.29) is 5.91 Å². The minimum atomic E-state index is 0.166. The lowest BCUT2D eigenvalue weighted by atomic mass is 9.94. The Morgan fingerprint density at radius 1 is 1.52 bits per heavy atom. The van der Waals surface area contributed by atoms with Crippen molar-refractivity contribution in [1.82, 2.24) is 19.9 Å². The highest BCUT2D eigenvalue weighted by Gasteiger charge is 2.25. The maximum atomic E-state index is 12.4. The Labute approximate surface area is 128 Å². The fourth-order valence-corrected chi connectivity index (χ4v) is 3.36. The molecule has 1 aliphatic heterocycles. The van der Waals surface area contributed by atoms with E-state index in [2.05, 4.69) is 15.0 Å². The number of amides is 1. The Morgan fingerprint density at radius 2 is 2.43 bits per heavy atom. The average Bonchev–Trinajstić information content (AvgIpc) is 2.93. The summed E-state index contributed by atoms with van der Waals surface area (Å²) in [5.41, 5.74) is 1.92. The van der Waals surface area contributed by atoms with Crippen LogP contribution in [0.4, 0.5) is 0 Å². The molecular formula is C15H18N4OS. The topological polar surface area (TPSA) is 59.0 Å². The van der Waals surface area contributed by atoms with Gasteiger partial charge in [0.1, 0.15) is 6.33 Å². The summed E-state index contributed by atoms with van der Waals surface area (Å²) in [4.78, 5) is 27.0. The average molecular weight is 302 g/mol. The molecule has 0 N–H and O–H groups in total. The van der Waals surface area contributed by atoms with Crippen molar-refractivity contribution in [3.05, 3.63) is 40.4 Å². The van der Waals surface area contributed by atoms with Crippen LogP contribution >= 0.6 is 11.3 Å². The van der Waals surface area contributed by atoms with Gasteiger partial charge in [-0.1, -0.05) is 0 Å². The molecule has 5 nitrogen and oxygen atoms in total. The lowest BCUT2D eigenvalue weighted by Crippen LogP contribution is -2.40. The zero-order valence-electron chi connectivity index (χ0n) is 12.0. The molecule has 0 spiro atoms. The summed E-state index contributed by atoms with van der Waals surface area (Å²) in [6.45, 7) is 3.55. The lowest BCUT2D eigenvalue weighted by Gasteiger charge is -2.32.